The number of hydrogen-bond donors (Lipinski definition) is 1. The van der Waals surface area contributed by atoms with Crippen molar-refractivity contribution in [1.29, 1.82) is 0 Å². The quantitative estimate of drug-likeness (QED) is 0.439. The predicted molar refractivity (Wildman–Crippen MR) is 123 cm³/mol. The third-order valence-corrected chi connectivity index (χ3v) is 5.14. The Morgan fingerprint density at radius 1 is 1.00 bits per heavy atom. The molecule has 0 bridgehead atoms. The summed E-state index contributed by atoms with van der Waals surface area (Å²) < 4.78 is 25.8. The summed E-state index contributed by atoms with van der Waals surface area (Å²) in [4.78, 5) is 38.6. The predicted octanol–water partition coefficient (Wildman–Crippen LogP) is 3.71. The Morgan fingerprint density at radius 3 is 2.29 bits per heavy atom. The van der Waals surface area contributed by atoms with E-state index in [1.165, 1.54) is 31.4 Å². The van der Waals surface area contributed by atoms with Crippen molar-refractivity contribution >= 4 is 5.78 Å². The lowest BCUT2D eigenvalue weighted by Gasteiger charge is -2.16. The van der Waals surface area contributed by atoms with Crippen LogP contribution in [0.4, 0.5) is 4.39 Å². The van der Waals surface area contributed by atoms with Gasteiger partial charge in [0.1, 0.15) is 29.3 Å². The number of methoxy groups -OCH3 is 1. The molecule has 1 N–H and O–H groups in total. The highest BCUT2D eigenvalue weighted by Gasteiger charge is 2.17. The molecular formula is C25H20FN3O5. The molecule has 8 nitrogen and oxygen atoms in total. The van der Waals surface area contributed by atoms with E-state index in [2.05, 4.69) is 10.1 Å². The zero-order valence-corrected chi connectivity index (χ0v) is 18.6. The second-order valence-corrected chi connectivity index (χ2v) is 7.56. The van der Waals surface area contributed by atoms with Gasteiger partial charge in [-0.05, 0) is 79.6 Å². The maximum atomic E-state index is 13.3. The van der Waals surface area contributed by atoms with Gasteiger partial charge in [-0.2, -0.15) is 9.78 Å². The zero-order valence-electron chi connectivity index (χ0n) is 18.6. The summed E-state index contributed by atoms with van der Waals surface area (Å²) in [6.45, 7) is 3.60. The van der Waals surface area contributed by atoms with Crippen LogP contribution in [0.3, 0.4) is 0 Å². The number of aryl methyl sites for hydroxylation is 2. The van der Waals surface area contributed by atoms with Crippen molar-refractivity contribution in [3.05, 3.63) is 110 Å². The number of nitrogens with zero attached hydrogens (tertiary/aromatic N) is 2. The highest BCUT2D eigenvalue weighted by Crippen LogP contribution is 2.33. The van der Waals surface area contributed by atoms with Gasteiger partial charge in [-0.25, -0.2) is 9.18 Å². The van der Waals surface area contributed by atoms with E-state index in [0.29, 0.717) is 39.6 Å². The van der Waals surface area contributed by atoms with Gasteiger partial charge in [0.25, 0.3) is 5.56 Å². The Labute approximate surface area is 193 Å². The molecule has 0 amide bonds. The Bertz CT molecular complexity index is 1480. The van der Waals surface area contributed by atoms with Crippen molar-refractivity contribution in [3.63, 3.8) is 0 Å². The van der Waals surface area contributed by atoms with Crippen molar-refractivity contribution in [2.45, 2.75) is 13.8 Å². The van der Waals surface area contributed by atoms with Crippen molar-refractivity contribution in [3.8, 4) is 22.9 Å². The number of carbonyl (C=O) groups excluding carboxylic acids is 1. The minimum atomic E-state index is -0.654. The van der Waals surface area contributed by atoms with Gasteiger partial charge in [-0.15, -0.1) is 0 Å². The standard InChI is InChI=1S/C25H20FN3O5/c1-14-10-18(29-25(32)28-22(30)13-27-29)11-15(2)24(14)34-19-8-9-21(33-3)20(12-19)23(31)16-4-6-17(26)7-5-16/h4-13H,1-3H3,(H,28,30,32). The normalized spacial score (nSPS) is 10.7. The van der Waals surface area contributed by atoms with Gasteiger partial charge in [0.15, 0.2) is 5.78 Å². The lowest BCUT2D eigenvalue weighted by molar-refractivity contribution is 0.103. The summed E-state index contributed by atoms with van der Waals surface area (Å²) in [6.07, 6.45) is 1.02. The molecule has 0 atom stereocenters. The Kier molecular flexibility index (Phi) is 6.09. The van der Waals surface area contributed by atoms with Crippen LogP contribution in [0.25, 0.3) is 5.69 Å². The second-order valence-electron chi connectivity index (χ2n) is 7.56. The molecule has 0 saturated heterocycles. The fourth-order valence-corrected chi connectivity index (χ4v) is 3.55. The minimum absolute atomic E-state index is 0.266. The number of carbonyl (C=O) groups is 1. The van der Waals surface area contributed by atoms with Crippen molar-refractivity contribution in [2.75, 3.05) is 7.11 Å². The number of aromatic nitrogens is 3. The monoisotopic (exact) mass is 461 g/mol. The molecule has 172 valence electrons. The number of ketones is 1. The summed E-state index contributed by atoms with van der Waals surface area (Å²) in [6, 6.07) is 13.5. The molecule has 1 heterocycles. The van der Waals surface area contributed by atoms with E-state index >= 15 is 0 Å². The third-order valence-electron chi connectivity index (χ3n) is 5.14. The van der Waals surface area contributed by atoms with Crippen molar-refractivity contribution in [1.82, 2.24) is 14.8 Å². The first-order valence-corrected chi connectivity index (χ1v) is 10.2. The molecule has 0 unspecified atom stereocenters. The molecule has 4 rings (SSSR count). The summed E-state index contributed by atoms with van der Waals surface area (Å²) in [5.41, 5.74) is 1.22. The summed E-state index contributed by atoms with van der Waals surface area (Å²) in [5, 5.41) is 3.87. The molecule has 1 aromatic heterocycles. The molecule has 0 fully saturated rings. The highest BCUT2D eigenvalue weighted by molar-refractivity contribution is 6.11. The van der Waals surface area contributed by atoms with Gasteiger partial charge < -0.3 is 9.47 Å². The number of H-pyrrole nitrogens is 1. The van der Waals surface area contributed by atoms with Gasteiger partial charge in [-0.1, -0.05) is 0 Å². The number of ether oxygens (including phenoxy) is 2. The van der Waals surface area contributed by atoms with E-state index in [0.717, 1.165) is 10.9 Å². The van der Waals surface area contributed by atoms with Crippen LogP contribution in [0.5, 0.6) is 17.2 Å². The second kappa shape index (κ2) is 9.14. The maximum absolute atomic E-state index is 13.3. The third kappa shape index (κ3) is 4.49. The maximum Gasteiger partial charge on any atom is 0.349 e. The van der Waals surface area contributed by atoms with Crippen LogP contribution >= 0.6 is 0 Å². The Hall–Kier alpha value is -4.53. The SMILES string of the molecule is COc1ccc(Oc2c(C)cc(-n3ncc(=O)[nH]c3=O)cc2C)cc1C(=O)c1ccc(F)cc1. The van der Waals surface area contributed by atoms with Crippen molar-refractivity contribution < 1.29 is 18.7 Å². The van der Waals surface area contributed by atoms with E-state index in [9.17, 15) is 18.8 Å². The van der Waals surface area contributed by atoms with Gasteiger partial charge in [0.2, 0.25) is 0 Å². The lowest BCUT2D eigenvalue weighted by Crippen LogP contribution is -2.30. The first-order chi connectivity index (χ1) is 16.3. The largest absolute Gasteiger partial charge is 0.496 e. The first kappa shape index (κ1) is 22.7. The zero-order chi connectivity index (χ0) is 24.4. The van der Waals surface area contributed by atoms with Gasteiger partial charge in [-0.3, -0.25) is 14.6 Å². The van der Waals surface area contributed by atoms with E-state index < -0.39 is 17.1 Å². The number of halogens is 1. The molecule has 0 aliphatic rings. The Morgan fingerprint density at radius 2 is 1.68 bits per heavy atom. The molecular weight excluding hydrogens is 441 g/mol. The van der Waals surface area contributed by atoms with E-state index in [4.69, 9.17) is 9.47 Å². The number of hydrogen-bond acceptors (Lipinski definition) is 6. The van der Waals surface area contributed by atoms with Gasteiger partial charge in [0, 0.05) is 5.56 Å². The fraction of sp³-hybridized carbons (Fsp3) is 0.120. The highest BCUT2D eigenvalue weighted by atomic mass is 19.1. The molecule has 0 saturated carbocycles. The summed E-state index contributed by atoms with van der Waals surface area (Å²) in [5.74, 6) is 0.508. The number of benzene rings is 3. The van der Waals surface area contributed by atoms with E-state index in [-0.39, 0.29) is 11.3 Å². The molecule has 0 aliphatic heterocycles. The lowest BCUT2D eigenvalue weighted by atomic mass is 10.0. The van der Waals surface area contributed by atoms with Crippen LogP contribution in [0, 0.1) is 19.7 Å². The molecule has 34 heavy (non-hydrogen) atoms. The van der Waals surface area contributed by atoms with Gasteiger partial charge >= 0.3 is 5.69 Å². The van der Waals surface area contributed by atoms with Gasteiger partial charge in [0.05, 0.1) is 18.4 Å². The van der Waals surface area contributed by atoms with E-state index in [1.807, 2.05) is 0 Å². The average molecular weight is 461 g/mol. The molecule has 0 spiro atoms. The average Bonchev–Trinajstić information content (AvgIpc) is 2.81. The molecule has 3 aromatic carbocycles. The molecule has 0 radical (unpaired) electrons. The summed E-state index contributed by atoms with van der Waals surface area (Å²) in [7, 11) is 1.46. The van der Waals surface area contributed by atoms with Crippen LogP contribution in [-0.4, -0.2) is 27.7 Å². The van der Waals surface area contributed by atoms with E-state index in [1.54, 1.807) is 44.2 Å². The topological polar surface area (TPSA) is 103 Å². The van der Waals surface area contributed by atoms with Crippen LogP contribution in [-0.2, 0) is 0 Å². The van der Waals surface area contributed by atoms with Crippen LogP contribution < -0.4 is 20.7 Å². The number of rotatable bonds is 6. The van der Waals surface area contributed by atoms with Crippen molar-refractivity contribution in [2.24, 2.45) is 0 Å². The first-order valence-electron chi connectivity index (χ1n) is 10.2. The van der Waals surface area contributed by atoms with Crippen LogP contribution in [0.2, 0.25) is 0 Å². The molecule has 4 aromatic rings. The minimum Gasteiger partial charge on any atom is -0.496 e. The smallest absolute Gasteiger partial charge is 0.349 e. The van der Waals surface area contributed by atoms with Crippen LogP contribution in [0.1, 0.15) is 27.0 Å². The number of nitrogens with one attached hydrogen (secondary N) is 1. The molecule has 9 heteroatoms. The van der Waals surface area contributed by atoms with Crippen LogP contribution in [0.15, 0.2) is 70.4 Å². The number of aromatic amines is 1. The fourth-order valence-electron chi connectivity index (χ4n) is 3.55. The summed E-state index contributed by atoms with van der Waals surface area (Å²) >= 11 is 0. The molecule has 0 aliphatic carbocycles. The Balaban J connectivity index is 1.69.